The highest BCUT2D eigenvalue weighted by atomic mass is 35.5. The van der Waals surface area contributed by atoms with Gasteiger partial charge in [0.1, 0.15) is 5.58 Å². The number of furan rings is 1. The molecule has 0 saturated heterocycles. The predicted molar refractivity (Wildman–Crippen MR) is 77.6 cm³/mol. The molecule has 1 aromatic carbocycles. The minimum atomic E-state index is 0.00810. The second-order valence-corrected chi connectivity index (χ2v) is 5.32. The quantitative estimate of drug-likeness (QED) is 0.924. The molecular weight excluding hydrogens is 262 g/mol. The molecule has 4 heteroatoms. The number of hydrogen-bond acceptors (Lipinski definition) is 2. The van der Waals surface area contributed by atoms with Gasteiger partial charge in [-0.05, 0) is 38.0 Å². The van der Waals surface area contributed by atoms with Gasteiger partial charge in [0.15, 0.2) is 0 Å². The molecule has 19 heavy (non-hydrogen) atoms. The van der Waals surface area contributed by atoms with Crippen LogP contribution in [0.15, 0.2) is 22.8 Å². The molecule has 1 aromatic heterocycles. The molecule has 102 valence electrons. The van der Waals surface area contributed by atoms with Gasteiger partial charge in [-0.3, -0.25) is 4.79 Å². The van der Waals surface area contributed by atoms with Gasteiger partial charge >= 0.3 is 0 Å². The fraction of sp³-hybridized carbons (Fsp3) is 0.400. The lowest BCUT2D eigenvalue weighted by Gasteiger charge is -2.10. The van der Waals surface area contributed by atoms with Crippen molar-refractivity contribution in [2.24, 2.45) is 0 Å². The maximum atomic E-state index is 11.9. The van der Waals surface area contributed by atoms with E-state index in [1.165, 1.54) is 0 Å². The highest BCUT2D eigenvalue weighted by molar-refractivity contribution is 6.32. The number of carbonyl (C=O) groups excluding carboxylic acids is 1. The van der Waals surface area contributed by atoms with Gasteiger partial charge in [0.2, 0.25) is 5.91 Å². The Morgan fingerprint density at radius 3 is 2.89 bits per heavy atom. The lowest BCUT2D eigenvalue weighted by molar-refractivity contribution is -0.121. The van der Waals surface area contributed by atoms with E-state index < -0.39 is 0 Å². The van der Waals surface area contributed by atoms with Crippen molar-refractivity contribution in [3.05, 3.63) is 34.5 Å². The molecule has 0 spiro atoms. The van der Waals surface area contributed by atoms with E-state index in [1.807, 2.05) is 32.9 Å². The van der Waals surface area contributed by atoms with Crippen LogP contribution in [0.25, 0.3) is 11.0 Å². The number of aryl methyl sites for hydroxylation is 1. The molecule has 0 bridgehead atoms. The van der Waals surface area contributed by atoms with Crippen LogP contribution in [-0.2, 0) is 11.2 Å². The molecule has 0 unspecified atom stereocenters. The SMILES string of the molecule is CC[C@H](C)NC(=O)Cc1coc2cc(C)c(Cl)cc12. The molecule has 2 aromatic rings. The van der Waals surface area contributed by atoms with E-state index in [0.29, 0.717) is 11.4 Å². The minimum Gasteiger partial charge on any atom is -0.464 e. The van der Waals surface area contributed by atoms with Crippen LogP contribution in [0, 0.1) is 6.92 Å². The van der Waals surface area contributed by atoms with E-state index in [-0.39, 0.29) is 11.9 Å². The average molecular weight is 280 g/mol. The zero-order chi connectivity index (χ0) is 14.0. The third-order valence-electron chi connectivity index (χ3n) is 3.31. The Bertz CT molecular complexity index is 603. The summed E-state index contributed by atoms with van der Waals surface area (Å²) in [7, 11) is 0. The standard InChI is InChI=1S/C15H18ClNO2/c1-4-10(3)17-15(18)6-11-8-19-14-5-9(2)13(16)7-12(11)14/h5,7-8,10H,4,6H2,1-3H3,(H,17,18)/t10-/m0/s1. The summed E-state index contributed by atoms with van der Waals surface area (Å²) in [4.78, 5) is 11.9. The van der Waals surface area contributed by atoms with E-state index in [9.17, 15) is 4.79 Å². The van der Waals surface area contributed by atoms with Crippen LogP contribution in [0.4, 0.5) is 0 Å². The number of fused-ring (bicyclic) bond motifs is 1. The Morgan fingerprint density at radius 1 is 1.47 bits per heavy atom. The average Bonchev–Trinajstić information content (AvgIpc) is 2.72. The summed E-state index contributed by atoms with van der Waals surface area (Å²) in [6.07, 6.45) is 2.87. The molecule has 1 N–H and O–H groups in total. The maximum Gasteiger partial charge on any atom is 0.224 e. The Kier molecular flexibility index (Phi) is 4.15. The summed E-state index contributed by atoms with van der Waals surface area (Å²) in [6, 6.07) is 3.95. The van der Waals surface area contributed by atoms with Crippen molar-refractivity contribution >= 4 is 28.5 Å². The third-order valence-corrected chi connectivity index (χ3v) is 3.71. The van der Waals surface area contributed by atoms with Gasteiger partial charge in [0.05, 0.1) is 12.7 Å². The Hall–Kier alpha value is -1.48. The van der Waals surface area contributed by atoms with Crippen LogP contribution < -0.4 is 5.32 Å². The Labute approximate surface area is 117 Å². The van der Waals surface area contributed by atoms with Gasteiger partial charge in [-0.2, -0.15) is 0 Å². The van der Waals surface area contributed by atoms with Crippen LogP contribution in [0.2, 0.25) is 5.02 Å². The number of halogens is 1. The van der Waals surface area contributed by atoms with Crippen LogP contribution in [0.5, 0.6) is 0 Å². The van der Waals surface area contributed by atoms with Crippen molar-refractivity contribution in [1.82, 2.24) is 5.32 Å². The fourth-order valence-electron chi connectivity index (χ4n) is 1.94. The zero-order valence-electron chi connectivity index (χ0n) is 11.4. The molecule has 0 radical (unpaired) electrons. The Morgan fingerprint density at radius 2 is 2.21 bits per heavy atom. The first kappa shape index (κ1) is 13.9. The molecule has 1 atom stereocenters. The molecule has 1 heterocycles. The monoisotopic (exact) mass is 279 g/mol. The molecule has 1 amide bonds. The second kappa shape index (κ2) is 5.66. The van der Waals surface area contributed by atoms with Gasteiger partial charge in [-0.1, -0.05) is 18.5 Å². The number of amides is 1. The number of benzene rings is 1. The summed E-state index contributed by atoms with van der Waals surface area (Å²) in [5, 5.41) is 4.55. The van der Waals surface area contributed by atoms with Crippen LogP contribution in [0.3, 0.4) is 0 Å². The largest absolute Gasteiger partial charge is 0.464 e. The first-order chi connectivity index (χ1) is 9.01. The van der Waals surface area contributed by atoms with Crippen molar-refractivity contribution in [2.75, 3.05) is 0 Å². The van der Waals surface area contributed by atoms with E-state index in [4.69, 9.17) is 16.0 Å². The van der Waals surface area contributed by atoms with E-state index in [0.717, 1.165) is 28.5 Å². The summed E-state index contributed by atoms with van der Waals surface area (Å²) >= 11 is 6.12. The van der Waals surface area contributed by atoms with Crippen molar-refractivity contribution in [3.63, 3.8) is 0 Å². The van der Waals surface area contributed by atoms with Crippen molar-refractivity contribution < 1.29 is 9.21 Å². The highest BCUT2D eigenvalue weighted by Gasteiger charge is 2.13. The third kappa shape index (κ3) is 3.10. The number of nitrogens with one attached hydrogen (secondary N) is 1. The maximum absolute atomic E-state index is 11.9. The molecule has 0 aliphatic rings. The Balaban J connectivity index is 2.22. The molecule has 0 saturated carbocycles. The van der Waals surface area contributed by atoms with Crippen molar-refractivity contribution in [3.8, 4) is 0 Å². The fourth-order valence-corrected chi connectivity index (χ4v) is 2.10. The van der Waals surface area contributed by atoms with Crippen LogP contribution in [0.1, 0.15) is 31.4 Å². The predicted octanol–water partition coefficient (Wildman–Crippen LogP) is 3.85. The van der Waals surface area contributed by atoms with Gasteiger partial charge in [-0.15, -0.1) is 0 Å². The van der Waals surface area contributed by atoms with Crippen molar-refractivity contribution in [2.45, 2.75) is 39.7 Å². The van der Waals surface area contributed by atoms with Crippen LogP contribution >= 0.6 is 11.6 Å². The summed E-state index contributed by atoms with van der Waals surface area (Å²) in [5.74, 6) is 0.00810. The van der Waals surface area contributed by atoms with Gasteiger partial charge in [-0.25, -0.2) is 0 Å². The molecule has 0 aliphatic carbocycles. The van der Waals surface area contributed by atoms with E-state index >= 15 is 0 Å². The molecule has 0 fully saturated rings. The van der Waals surface area contributed by atoms with Gasteiger partial charge in [0.25, 0.3) is 0 Å². The normalized spacial score (nSPS) is 12.6. The van der Waals surface area contributed by atoms with Gasteiger partial charge in [0, 0.05) is 22.0 Å². The molecule has 2 rings (SSSR count). The minimum absolute atomic E-state index is 0.00810. The molecule has 0 aliphatic heterocycles. The summed E-state index contributed by atoms with van der Waals surface area (Å²) in [6.45, 7) is 5.96. The van der Waals surface area contributed by atoms with Crippen LogP contribution in [-0.4, -0.2) is 11.9 Å². The summed E-state index contributed by atoms with van der Waals surface area (Å²) in [5.41, 5.74) is 2.62. The molecular formula is C15H18ClNO2. The number of carbonyl (C=O) groups is 1. The number of rotatable bonds is 4. The highest BCUT2D eigenvalue weighted by Crippen LogP contribution is 2.27. The lowest BCUT2D eigenvalue weighted by Crippen LogP contribution is -2.33. The first-order valence-corrected chi connectivity index (χ1v) is 6.84. The topological polar surface area (TPSA) is 42.2 Å². The van der Waals surface area contributed by atoms with E-state index in [1.54, 1.807) is 6.26 Å². The van der Waals surface area contributed by atoms with E-state index in [2.05, 4.69) is 5.32 Å². The summed E-state index contributed by atoms with van der Waals surface area (Å²) < 4.78 is 5.48. The smallest absolute Gasteiger partial charge is 0.224 e. The zero-order valence-corrected chi connectivity index (χ0v) is 12.2. The number of hydrogen-bond donors (Lipinski definition) is 1. The lowest BCUT2D eigenvalue weighted by atomic mass is 10.1. The van der Waals surface area contributed by atoms with Gasteiger partial charge < -0.3 is 9.73 Å². The molecule has 3 nitrogen and oxygen atoms in total. The second-order valence-electron chi connectivity index (χ2n) is 4.91. The first-order valence-electron chi connectivity index (χ1n) is 6.46. The van der Waals surface area contributed by atoms with Crippen molar-refractivity contribution in [1.29, 1.82) is 0 Å².